The fourth-order valence-electron chi connectivity index (χ4n) is 1.14. The van der Waals surface area contributed by atoms with E-state index in [1.807, 2.05) is 0 Å². The molecule has 0 saturated heterocycles. The summed E-state index contributed by atoms with van der Waals surface area (Å²) in [7, 11) is -3.29. The lowest BCUT2D eigenvalue weighted by atomic mass is 10.1. The van der Waals surface area contributed by atoms with E-state index >= 15 is 0 Å². The smallest absolute Gasteiger partial charge is 0.217 e. The molecule has 2 N–H and O–H groups in total. The summed E-state index contributed by atoms with van der Waals surface area (Å²) in [6.07, 6.45) is 5.01. The Hall–Kier alpha value is -1.43. The van der Waals surface area contributed by atoms with Gasteiger partial charge < -0.3 is 5.73 Å². The minimum atomic E-state index is -3.29. The molecule has 0 bridgehead atoms. The second-order valence-electron chi connectivity index (χ2n) is 3.41. The standard InChI is InChI=1S/C10H13N2O3S/c1-16(14,15)10-7-8(5-6-12-10)3-2-4-9(11)13/h3,5-7H,2,4H2,1H3,(H2,11,13). The molecule has 1 aromatic rings. The highest BCUT2D eigenvalue weighted by Gasteiger charge is 2.09. The van der Waals surface area contributed by atoms with Gasteiger partial charge in [-0.05, 0) is 30.5 Å². The van der Waals surface area contributed by atoms with Crippen LogP contribution in [0, 0.1) is 6.42 Å². The van der Waals surface area contributed by atoms with Crippen LogP contribution in [0.15, 0.2) is 23.4 Å². The van der Waals surface area contributed by atoms with Gasteiger partial charge in [0.25, 0.3) is 0 Å². The number of amides is 1. The molecular formula is C10H13N2O3S. The molecule has 6 heteroatoms. The van der Waals surface area contributed by atoms with Gasteiger partial charge in [0.05, 0.1) is 0 Å². The molecule has 1 radical (unpaired) electrons. The minimum absolute atomic E-state index is 0.0281. The van der Waals surface area contributed by atoms with Crippen molar-refractivity contribution in [1.29, 1.82) is 0 Å². The van der Waals surface area contributed by atoms with Crippen LogP contribution in [-0.2, 0) is 14.6 Å². The lowest BCUT2D eigenvalue weighted by molar-refractivity contribution is -0.117. The molecular weight excluding hydrogens is 228 g/mol. The highest BCUT2D eigenvalue weighted by Crippen LogP contribution is 2.11. The van der Waals surface area contributed by atoms with Crippen molar-refractivity contribution in [2.75, 3.05) is 6.26 Å². The highest BCUT2D eigenvalue weighted by atomic mass is 32.2. The molecule has 1 rings (SSSR count). The molecule has 0 aliphatic heterocycles. The van der Waals surface area contributed by atoms with Crippen LogP contribution in [0.2, 0.25) is 0 Å². The van der Waals surface area contributed by atoms with Crippen LogP contribution in [0.1, 0.15) is 18.4 Å². The number of primary amides is 1. The number of nitrogens with zero attached hydrogens (tertiary/aromatic N) is 1. The Balaban J connectivity index is 2.72. The summed E-state index contributed by atoms with van der Waals surface area (Å²) in [5.41, 5.74) is 5.71. The van der Waals surface area contributed by atoms with Gasteiger partial charge in [-0.3, -0.25) is 4.79 Å². The number of carbonyl (C=O) groups excluding carboxylic acids is 1. The summed E-state index contributed by atoms with van der Waals surface area (Å²) in [5.74, 6) is -0.381. The number of aromatic nitrogens is 1. The van der Waals surface area contributed by atoms with Crippen molar-refractivity contribution >= 4 is 15.7 Å². The van der Waals surface area contributed by atoms with Crippen molar-refractivity contribution in [3.63, 3.8) is 0 Å². The normalized spacial score (nSPS) is 11.3. The van der Waals surface area contributed by atoms with E-state index in [-0.39, 0.29) is 17.4 Å². The lowest BCUT2D eigenvalue weighted by Gasteiger charge is -2.02. The average molecular weight is 241 g/mol. The number of rotatable bonds is 5. The van der Waals surface area contributed by atoms with Gasteiger partial charge in [0.15, 0.2) is 14.9 Å². The summed E-state index contributed by atoms with van der Waals surface area (Å²) in [6.45, 7) is 0. The summed E-state index contributed by atoms with van der Waals surface area (Å²) < 4.78 is 22.4. The third-order valence-corrected chi connectivity index (χ3v) is 2.89. The molecule has 16 heavy (non-hydrogen) atoms. The molecule has 0 aliphatic rings. The van der Waals surface area contributed by atoms with E-state index in [4.69, 9.17) is 5.73 Å². The third-order valence-electron chi connectivity index (χ3n) is 1.91. The number of hydrogen-bond acceptors (Lipinski definition) is 4. The fraction of sp³-hybridized carbons (Fsp3) is 0.300. The molecule has 1 amide bonds. The van der Waals surface area contributed by atoms with Crippen molar-refractivity contribution in [3.05, 3.63) is 30.3 Å². The monoisotopic (exact) mass is 241 g/mol. The van der Waals surface area contributed by atoms with Gasteiger partial charge in [-0.15, -0.1) is 0 Å². The zero-order valence-electron chi connectivity index (χ0n) is 8.88. The Bertz CT molecular complexity index is 483. The molecule has 1 heterocycles. The zero-order chi connectivity index (χ0) is 12.2. The second kappa shape index (κ2) is 5.07. The molecule has 0 spiro atoms. The first-order valence-corrected chi connectivity index (χ1v) is 6.56. The van der Waals surface area contributed by atoms with E-state index < -0.39 is 9.84 Å². The van der Waals surface area contributed by atoms with Crippen LogP contribution in [0.4, 0.5) is 0 Å². The van der Waals surface area contributed by atoms with Crippen LogP contribution in [0.25, 0.3) is 0 Å². The number of nitrogens with two attached hydrogens (primary N) is 1. The number of pyridine rings is 1. The zero-order valence-corrected chi connectivity index (χ0v) is 9.70. The van der Waals surface area contributed by atoms with Crippen LogP contribution in [0.5, 0.6) is 0 Å². The minimum Gasteiger partial charge on any atom is -0.370 e. The van der Waals surface area contributed by atoms with E-state index in [9.17, 15) is 13.2 Å². The predicted molar refractivity (Wildman–Crippen MR) is 59.2 cm³/mol. The third kappa shape index (κ3) is 3.98. The largest absolute Gasteiger partial charge is 0.370 e. The molecule has 0 unspecified atom stereocenters. The van der Waals surface area contributed by atoms with Gasteiger partial charge in [0, 0.05) is 18.9 Å². The van der Waals surface area contributed by atoms with Gasteiger partial charge in [0.1, 0.15) is 0 Å². The summed E-state index contributed by atoms with van der Waals surface area (Å²) in [6, 6.07) is 3.14. The van der Waals surface area contributed by atoms with E-state index in [0.717, 1.165) is 11.8 Å². The topological polar surface area (TPSA) is 90.1 Å². The molecule has 0 aromatic carbocycles. The second-order valence-corrected chi connectivity index (χ2v) is 5.37. The quantitative estimate of drug-likeness (QED) is 0.803. The molecule has 0 atom stereocenters. The van der Waals surface area contributed by atoms with Crippen molar-refractivity contribution < 1.29 is 13.2 Å². The van der Waals surface area contributed by atoms with Gasteiger partial charge in [0.2, 0.25) is 5.91 Å². The number of hydrogen-bond donors (Lipinski definition) is 1. The first-order chi connectivity index (χ1) is 7.39. The van der Waals surface area contributed by atoms with Crippen molar-refractivity contribution in [1.82, 2.24) is 4.98 Å². The average Bonchev–Trinajstić information content (AvgIpc) is 2.16. The van der Waals surface area contributed by atoms with E-state index in [0.29, 0.717) is 6.42 Å². The predicted octanol–water partition coefficient (Wildman–Crippen LogP) is 0.303. The maximum Gasteiger partial charge on any atom is 0.217 e. The van der Waals surface area contributed by atoms with Crippen LogP contribution in [0.3, 0.4) is 0 Å². The lowest BCUT2D eigenvalue weighted by Crippen LogP contribution is -2.09. The Kier molecular flexibility index (Phi) is 4.00. The van der Waals surface area contributed by atoms with Gasteiger partial charge in [-0.25, -0.2) is 13.4 Å². The van der Waals surface area contributed by atoms with Gasteiger partial charge in [-0.1, -0.05) is 0 Å². The summed E-state index contributed by atoms with van der Waals surface area (Å²) >= 11 is 0. The molecule has 1 aromatic heterocycles. The highest BCUT2D eigenvalue weighted by molar-refractivity contribution is 7.90. The fourth-order valence-corrected chi connectivity index (χ4v) is 1.74. The van der Waals surface area contributed by atoms with Crippen LogP contribution < -0.4 is 5.73 Å². The summed E-state index contributed by atoms with van der Waals surface area (Å²) in [5, 5.41) is 0.0281. The first-order valence-electron chi connectivity index (χ1n) is 4.67. The summed E-state index contributed by atoms with van der Waals surface area (Å²) in [4.78, 5) is 14.3. The Morgan fingerprint density at radius 3 is 2.81 bits per heavy atom. The van der Waals surface area contributed by atoms with Crippen LogP contribution >= 0.6 is 0 Å². The van der Waals surface area contributed by atoms with E-state index in [2.05, 4.69) is 4.98 Å². The number of carbonyl (C=O) groups is 1. The van der Waals surface area contributed by atoms with Gasteiger partial charge >= 0.3 is 0 Å². The number of sulfone groups is 1. The van der Waals surface area contributed by atoms with Crippen LogP contribution in [-0.4, -0.2) is 25.6 Å². The molecule has 0 saturated carbocycles. The van der Waals surface area contributed by atoms with E-state index in [1.54, 1.807) is 12.5 Å². The first kappa shape index (κ1) is 12.6. The Morgan fingerprint density at radius 2 is 2.25 bits per heavy atom. The Labute approximate surface area is 94.6 Å². The molecule has 87 valence electrons. The van der Waals surface area contributed by atoms with E-state index in [1.165, 1.54) is 12.3 Å². The maximum atomic E-state index is 11.2. The molecule has 0 aliphatic carbocycles. The molecule has 5 nitrogen and oxygen atoms in total. The van der Waals surface area contributed by atoms with Crippen molar-refractivity contribution in [2.24, 2.45) is 5.73 Å². The van der Waals surface area contributed by atoms with Gasteiger partial charge in [-0.2, -0.15) is 0 Å². The molecule has 0 fully saturated rings. The SMILES string of the molecule is CS(=O)(=O)c1cc([CH]CCC(N)=O)ccn1. The van der Waals surface area contributed by atoms with Crippen molar-refractivity contribution in [3.8, 4) is 0 Å². The maximum absolute atomic E-state index is 11.2. The Morgan fingerprint density at radius 1 is 1.56 bits per heavy atom. The van der Waals surface area contributed by atoms with Crippen molar-refractivity contribution in [2.45, 2.75) is 17.9 Å².